The lowest BCUT2D eigenvalue weighted by atomic mass is 10.1. The van der Waals surface area contributed by atoms with Crippen molar-refractivity contribution in [2.45, 2.75) is 13.0 Å². The Morgan fingerprint density at radius 2 is 2.00 bits per heavy atom. The van der Waals surface area contributed by atoms with Gasteiger partial charge < -0.3 is 5.32 Å². The lowest BCUT2D eigenvalue weighted by Crippen LogP contribution is -2.26. The van der Waals surface area contributed by atoms with E-state index >= 15 is 0 Å². The molecule has 0 radical (unpaired) electrons. The van der Waals surface area contributed by atoms with Crippen LogP contribution in [0.15, 0.2) is 31.9 Å². The molecule has 19 heavy (non-hydrogen) atoms. The lowest BCUT2D eigenvalue weighted by Gasteiger charge is -2.19. The van der Waals surface area contributed by atoms with E-state index in [9.17, 15) is 0 Å². The predicted molar refractivity (Wildman–Crippen MR) is 86.1 cm³/mol. The molecular formula is C12H13Br3N4. The minimum atomic E-state index is -0.0191. The maximum absolute atomic E-state index is 4.52. The zero-order chi connectivity index (χ0) is 14.0. The fraction of sp³-hybridized carbons (Fsp3) is 0.333. The highest BCUT2D eigenvalue weighted by Crippen LogP contribution is 2.32. The lowest BCUT2D eigenvalue weighted by molar-refractivity contribution is 0.558. The smallest absolute Gasteiger partial charge is 0.0944 e. The van der Waals surface area contributed by atoms with E-state index in [0.29, 0.717) is 0 Å². The molecular weight excluding hydrogens is 440 g/mol. The normalized spacial score (nSPS) is 12.7. The Morgan fingerprint density at radius 1 is 1.26 bits per heavy atom. The Morgan fingerprint density at radius 3 is 2.53 bits per heavy atom. The summed E-state index contributed by atoms with van der Waals surface area (Å²) in [5, 5.41) is 7.71. The molecule has 0 saturated heterocycles. The van der Waals surface area contributed by atoms with E-state index in [2.05, 4.69) is 70.1 Å². The fourth-order valence-corrected chi connectivity index (χ4v) is 3.70. The first-order chi connectivity index (χ1) is 9.04. The van der Waals surface area contributed by atoms with Gasteiger partial charge in [0.2, 0.25) is 0 Å². The van der Waals surface area contributed by atoms with E-state index < -0.39 is 0 Å². The predicted octanol–water partition coefficient (Wildman–Crippen LogP) is 3.80. The highest BCUT2D eigenvalue weighted by molar-refractivity contribution is 9.11. The van der Waals surface area contributed by atoms with E-state index in [4.69, 9.17) is 0 Å². The second-order valence-electron chi connectivity index (χ2n) is 4.01. The summed E-state index contributed by atoms with van der Waals surface area (Å²) in [7, 11) is 1.93. The van der Waals surface area contributed by atoms with Crippen molar-refractivity contribution in [3.05, 3.63) is 43.3 Å². The average molecular weight is 453 g/mol. The van der Waals surface area contributed by atoms with Gasteiger partial charge in [0.25, 0.3) is 0 Å². The number of pyridine rings is 1. The van der Waals surface area contributed by atoms with Gasteiger partial charge >= 0.3 is 0 Å². The topological polar surface area (TPSA) is 42.7 Å². The number of hydrogen-bond donors (Lipinski definition) is 1. The van der Waals surface area contributed by atoms with Crippen molar-refractivity contribution in [3.8, 4) is 0 Å². The van der Waals surface area contributed by atoms with Gasteiger partial charge in [-0.25, -0.2) is 0 Å². The molecule has 0 aliphatic heterocycles. The first kappa shape index (κ1) is 15.2. The van der Waals surface area contributed by atoms with Gasteiger partial charge in [-0.05, 0) is 60.4 Å². The molecule has 0 saturated carbocycles. The number of hydrogen-bond acceptors (Lipinski definition) is 3. The zero-order valence-corrected chi connectivity index (χ0v) is 15.3. The van der Waals surface area contributed by atoms with Crippen molar-refractivity contribution in [3.63, 3.8) is 0 Å². The number of nitrogens with one attached hydrogen (secondary N) is 1. The van der Waals surface area contributed by atoms with E-state index in [1.807, 2.05) is 17.8 Å². The van der Waals surface area contributed by atoms with Gasteiger partial charge in [-0.2, -0.15) is 5.10 Å². The van der Waals surface area contributed by atoms with Crippen LogP contribution in [0, 0.1) is 0 Å². The first-order valence-corrected chi connectivity index (χ1v) is 8.14. The summed E-state index contributed by atoms with van der Waals surface area (Å²) in [6.07, 6.45) is 3.60. The Labute approximate surface area is 137 Å². The Balaban J connectivity index is 2.51. The van der Waals surface area contributed by atoms with Crippen LogP contribution in [0.1, 0.15) is 24.4 Å². The second kappa shape index (κ2) is 6.47. The number of aryl methyl sites for hydroxylation is 1. The molecule has 0 aliphatic rings. The summed E-state index contributed by atoms with van der Waals surface area (Å²) in [4.78, 5) is 4.52. The first-order valence-electron chi connectivity index (χ1n) is 5.76. The van der Waals surface area contributed by atoms with Gasteiger partial charge in [-0.15, -0.1) is 0 Å². The van der Waals surface area contributed by atoms with E-state index in [0.717, 1.165) is 31.4 Å². The molecule has 2 heterocycles. The van der Waals surface area contributed by atoms with E-state index in [1.54, 1.807) is 12.4 Å². The monoisotopic (exact) mass is 450 g/mol. The Hall–Kier alpha value is -0.240. The molecule has 1 N–H and O–H groups in total. The largest absolute Gasteiger partial charge is 0.304 e. The molecule has 0 bridgehead atoms. The van der Waals surface area contributed by atoms with Crippen LogP contribution in [0.5, 0.6) is 0 Å². The SMILES string of the molecule is CCNC(c1ncc(Br)cc1Br)c1c(Br)cnn1C. The molecule has 1 atom stereocenters. The fourth-order valence-electron chi connectivity index (χ4n) is 1.91. The molecule has 0 aliphatic carbocycles. The molecule has 1 unspecified atom stereocenters. The van der Waals surface area contributed by atoms with Gasteiger partial charge in [-0.1, -0.05) is 6.92 Å². The zero-order valence-electron chi connectivity index (χ0n) is 10.5. The van der Waals surface area contributed by atoms with Crippen molar-refractivity contribution in [1.82, 2.24) is 20.1 Å². The molecule has 102 valence electrons. The number of aromatic nitrogens is 3. The molecule has 2 rings (SSSR count). The van der Waals surface area contributed by atoms with Crippen LogP contribution in [0.4, 0.5) is 0 Å². The highest BCUT2D eigenvalue weighted by atomic mass is 79.9. The standard InChI is InChI=1S/C12H13Br3N4/c1-3-16-11(12-9(15)6-18-19(12)2)10-8(14)4-7(13)5-17-10/h4-6,11,16H,3H2,1-2H3. The summed E-state index contributed by atoms with van der Waals surface area (Å²) in [5.41, 5.74) is 1.99. The highest BCUT2D eigenvalue weighted by Gasteiger charge is 2.23. The van der Waals surface area contributed by atoms with Crippen LogP contribution >= 0.6 is 47.8 Å². The average Bonchev–Trinajstić information content (AvgIpc) is 2.67. The van der Waals surface area contributed by atoms with Crippen LogP contribution in [0.25, 0.3) is 0 Å². The van der Waals surface area contributed by atoms with Crippen LogP contribution in [-0.4, -0.2) is 21.3 Å². The minimum absolute atomic E-state index is 0.0191. The Kier molecular flexibility index (Phi) is 5.16. The van der Waals surface area contributed by atoms with Crippen LogP contribution in [0.2, 0.25) is 0 Å². The quantitative estimate of drug-likeness (QED) is 0.767. The van der Waals surface area contributed by atoms with Crippen molar-refractivity contribution in [1.29, 1.82) is 0 Å². The van der Waals surface area contributed by atoms with Gasteiger partial charge in [0, 0.05) is 22.2 Å². The summed E-state index contributed by atoms with van der Waals surface area (Å²) >= 11 is 10.5. The molecule has 0 fully saturated rings. The van der Waals surface area contributed by atoms with Crippen molar-refractivity contribution >= 4 is 47.8 Å². The van der Waals surface area contributed by atoms with Gasteiger partial charge in [0.15, 0.2) is 0 Å². The van der Waals surface area contributed by atoms with Crippen LogP contribution < -0.4 is 5.32 Å². The maximum atomic E-state index is 4.52. The molecule has 4 nitrogen and oxygen atoms in total. The van der Waals surface area contributed by atoms with Crippen molar-refractivity contribution in [2.75, 3.05) is 6.54 Å². The van der Waals surface area contributed by atoms with E-state index in [1.165, 1.54) is 0 Å². The molecule has 2 aromatic heterocycles. The second-order valence-corrected chi connectivity index (χ2v) is 6.64. The summed E-state index contributed by atoms with van der Waals surface area (Å²) in [6.45, 7) is 2.91. The van der Waals surface area contributed by atoms with Crippen molar-refractivity contribution < 1.29 is 0 Å². The molecule has 0 spiro atoms. The number of nitrogens with zero attached hydrogens (tertiary/aromatic N) is 3. The summed E-state index contributed by atoms with van der Waals surface area (Å²) < 4.78 is 4.73. The van der Waals surface area contributed by atoms with Crippen molar-refractivity contribution in [2.24, 2.45) is 7.05 Å². The minimum Gasteiger partial charge on any atom is -0.304 e. The van der Waals surface area contributed by atoms with Crippen LogP contribution in [0.3, 0.4) is 0 Å². The molecule has 2 aromatic rings. The summed E-state index contributed by atoms with van der Waals surface area (Å²) in [5.74, 6) is 0. The third-order valence-corrected chi connectivity index (χ3v) is 4.41. The maximum Gasteiger partial charge on any atom is 0.0944 e. The van der Waals surface area contributed by atoms with Gasteiger partial charge in [-0.3, -0.25) is 9.67 Å². The third kappa shape index (κ3) is 3.26. The number of halogens is 3. The van der Waals surface area contributed by atoms with Gasteiger partial charge in [0.1, 0.15) is 0 Å². The molecule has 0 aromatic carbocycles. The van der Waals surface area contributed by atoms with E-state index in [-0.39, 0.29) is 6.04 Å². The van der Waals surface area contributed by atoms with Gasteiger partial charge in [0.05, 0.1) is 28.1 Å². The Bertz CT molecular complexity index is 563. The number of rotatable bonds is 4. The third-order valence-electron chi connectivity index (χ3n) is 2.73. The molecule has 0 amide bonds. The van der Waals surface area contributed by atoms with Crippen LogP contribution in [-0.2, 0) is 7.05 Å². The summed E-state index contributed by atoms with van der Waals surface area (Å²) in [6, 6.07) is 1.98. The molecule has 7 heteroatoms.